The molecule has 0 spiro atoms. The lowest BCUT2D eigenvalue weighted by atomic mass is 9.94. The average Bonchev–Trinajstić information content (AvgIpc) is 3.68. The highest BCUT2D eigenvalue weighted by Crippen LogP contribution is 2.44. The van der Waals surface area contributed by atoms with Gasteiger partial charge in [0.15, 0.2) is 0 Å². The first-order chi connectivity index (χ1) is 24.2. The third-order valence-corrected chi connectivity index (χ3v) is 10.2. The number of allylic oxidation sites excluding steroid dienone is 6. The molecule has 49 heavy (non-hydrogen) atoms. The zero-order valence-corrected chi connectivity index (χ0v) is 28.0. The van der Waals surface area contributed by atoms with Crippen LogP contribution in [0.3, 0.4) is 0 Å². The molecule has 0 saturated heterocycles. The number of nitrogens with zero attached hydrogens (tertiary/aromatic N) is 2. The number of aromatic nitrogens is 1. The van der Waals surface area contributed by atoms with Crippen molar-refractivity contribution in [3.05, 3.63) is 156 Å². The second kappa shape index (κ2) is 12.0. The van der Waals surface area contributed by atoms with E-state index in [2.05, 4.69) is 169 Å². The molecule has 3 nitrogen and oxygen atoms in total. The maximum absolute atomic E-state index is 6.55. The lowest BCUT2D eigenvalue weighted by Gasteiger charge is -2.31. The molecule has 0 bridgehead atoms. The lowest BCUT2D eigenvalue weighted by molar-refractivity contribution is 0.644. The largest absolute Gasteiger partial charge is 0.439 e. The third kappa shape index (κ3) is 4.88. The molecule has 0 radical (unpaired) electrons. The molecule has 238 valence electrons. The molecule has 0 atom stereocenters. The van der Waals surface area contributed by atoms with Crippen molar-refractivity contribution in [3.8, 4) is 11.1 Å². The zero-order chi connectivity index (χ0) is 32.9. The minimum absolute atomic E-state index is 0.928. The first-order valence-electron chi connectivity index (χ1n) is 17.4. The minimum Gasteiger partial charge on any atom is -0.439 e. The van der Waals surface area contributed by atoms with Crippen molar-refractivity contribution in [1.29, 1.82) is 0 Å². The highest BCUT2D eigenvalue weighted by molar-refractivity contribution is 6.21. The topological polar surface area (TPSA) is 21.3 Å². The molecule has 2 aliphatic rings. The average molecular weight is 635 g/mol. The van der Waals surface area contributed by atoms with Gasteiger partial charge in [-0.3, -0.25) is 4.57 Å². The fraction of sp³-hybridized carbons (Fsp3) is 0.130. The molecule has 0 N–H and O–H groups in total. The summed E-state index contributed by atoms with van der Waals surface area (Å²) in [6.07, 6.45) is 19.6. The predicted octanol–water partition coefficient (Wildman–Crippen LogP) is 13.2. The van der Waals surface area contributed by atoms with Crippen LogP contribution in [-0.4, -0.2) is 4.57 Å². The molecular formula is C46H38N2O. The van der Waals surface area contributed by atoms with Crippen LogP contribution in [0.1, 0.15) is 48.4 Å². The van der Waals surface area contributed by atoms with Gasteiger partial charge in [-0.25, -0.2) is 0 Å². The first kappa shape index (κ1) is 29.3. The Morgan fingerprint density at radius 3 is 2.43 bits per heavy atom. The molecule has 2 heterocycles. The van der Waals surface area contributed by atoms with E-state index in [0.717, 1.165) is 48.1 Å². The maximum Gasteiger partial charge on any atom is 0.213 e. The van der Waals surface area contributed by atoms with E-state index < -0.39 is 0 Å². The lowest BCUT2D eigenvalue weighted by Crippen LogP contribution is -2.15. The summed E-state index contributed by atoms with van der Waals surface area (Å²) in [6.45, 7) is 4.32. The second-order valence-corrected chi connectivity index (χ2v) is 13.1. The number of anilines is 3. The van der Waals surface area contributed by atoms with E-state index in [1.807, 2.05) is 0 Å². The van der Waals surface area contributed by atoms with Gasteiger partial charge >= 0.3 is 0 Å². The minimum atomic E-state index is 0.928. The second-order valence-electron chi connectivity index (χ2n) is 13.1. The van der Waals surface area contributed by atoms with Crippen LogP contribution in [0, 0.1) is 6.92 Å². The first-order valence-corrected chi connectivity index (χ1v) is 17.4. The zero-order valence-electron chi connectivity index (χ0n) is 28.0. The van der Waals surface area contributed by atoms with Gasteiger partial charge in [-0.2, -0.15) is 0 Å². The van der Waals surface area contributed by atoms with Crippen LogP contribution in [-0.2, 0) is 6.42 Å². The Kier molecular flexibility index (Phi) is 7.20. The molecule has 0 amide bonds. The fourth-order valence-corrected chi connectivity index (χ4v) is 7.85. The Morgan fingerprint density at radius 2 is 1.57 bits per heavy atom. The van der Waals surface area contributed by atoms with E-state index >= 15 is 0 Å². The van der Waals surface area contributed by atoms with E-state index in [1.54, 1.807) is 0 Å². The SMILES string of the molecule is C/C=C\c1cccc(N(c2ccc(-c3ccc4c(c3)c3c5ccccc5oc3n4C3=CC=CCC3)cc2)c2cccc3c2CCC=C3)c1C. The van der Waals surface area contributed by atoms with E-state index in [1.165, 1.54) is 66.7 Å². The molecule has 0 saturated carbocycles. The van der Waals surface area contributed by atoms with Crippen molar-refractivity contribution in [3.63, 3.8) is 0 Å². The van der Waals surface area contributed by atoms with Gasteiger partial charge in [0.2, 0.25) is 5.71 Å². The van der Waals surface area contributed by atoms with Crippen LogP contribution in [0.25, 0.3) is 61.9 Å². The summed E-state index contributed by atoms with van der Waals surface area (Å²) in [4.78, 5) is 2.46. The number of hydrogen-bond donors (Lipinski definition) is 0. The van der Waals surface area contributed by atoms with Crippen LogP contribution in [0.4, 0.5) is 17.1 Å². The Labute approximate surface area is 287 Å². The summed E-state index contributed by atoms with van der Waals surface area (Å²) in [5.41, 5.74) is 15.5. The maximum atomic E-state index is 6.55. The summed E-state index contributed by atoms with van der Waals surface area (Å²) in [6, 6.07) is 37.8. The number of benzene rings is 5. The van der Waals surface area contributed by atoms with E-state index in [9.17, 15) is 0 Å². The molecule has 5 aromatic carbocycles. The molecular weight excluding hydrogens is 597 g/mol. The number of rotatable bonds is 6. The van der Waals surface area contributed by atoms with Crippen LogP contribution in [0.15, 0.2) is 138 Å². The van der Waals surface area contributed by atoms with E-state index in [-0.39, 0.29) is 0 Å². The fourth-order valence-electron chi connectivity index (χ4n) is 7.85. The van der Waals surface area contributed by atoms with Gasteiger partial charge in [0, 0.05) is 33.5 Å². The highest BCUT2D eigenvalue weighted by Gasteiger charge is 2.23. The molecule has 0 aliphatic heterocycles. The standard InChI is InChI=1S/C46H38N2O/c1-3-13-32-15-11-21-41(31(32)2)47(42-22-12-16-34-14-7-8-19-38(34)42)37-27-24-33(25-28-37)35-26-29-43-40(30-35)45-39-20-9-10-23-44(39)49-46(45)48(43)36-17-5-4-6-18-36/h3-5,7,9-17,20-30H,6,8,18-19H2,1-2H3/b13-3-. The molecule has 9 rings (SSSR count). The summed E-state index contributed by atoms with van der Waals surface area (Å²) in [5, 5.41) is 3.57. The van der Waals surface area contributed by atoms with Gasteiger partial charge in [0.05, 0.1) is 10.9 Å². The number of furan rings is 1. The van der Waals surface area contributed by atoms with E-state index in [0.29, 0.717) is 0 Å². The number of hydrogen-bond acceptors (Lipinski definition) is 2. The normalized spacial score (nSPS) is 14.3. The molecule has 0 unspecified atom stereocenters. The van der Waals surface area contributed by atoms with E-state index in [4.69, 9.17) is 4.42 Å². The van der Waals surface area contributed by atoms with Gasteiger partial charge in [-0.05, 0) is 121 Å². The van der Waals surface area contributed by atoms with Gasteiger partial charge in [0.25, 0.3) is 0 Å². The van der Waals surface area contributed by atoms with Crippen LogP contribution < -0.4 is 4.90 Å². The van der Waals surface area contributed by atoms with Crippen molar-refractivity contribution < 1.29 is 4.42 Å². The number of para-hydroxylation sites is 1. The van der Waals surface area contributed by atoms with Crippen molar-refractivity contribution in [2.45, 2.75) is 39.5 Å². The van der Waals surface area contributed by atoms with Crippen LogP contribution in [0.5, 0.6) is 0 Å². The van der Waals surface area contributed by atoms with Gasteiger partial charge in [-0.1, -0.05) is 97.1 Å². The Bertz CT molecular complexity index is 2520. The van der Waals surface area contributed by atoms with Crippen LogP contribution in [0.2, 0.25) is 0 Å². The van der Waals surface area contributed by atoms with Crippen molar-refractivity contribution in [2.24, 2.45) is 0 Å². The van der Waals surface area contributed by atoms with Crippen LogP contribution >= 0.6 is 0 Å². The molecule has 2 aromatic heterocycles. The Balaban J connectivity index is 1.19. The predicted molar refractivity (Wildman–Crippen MR) is 209 cm³/mol. The molecule has 7 aromatic rings. The Morgan fingerprint density at radius 1 is 0.755 bits per heavy atom. The van der Waals surface area contributed by atoms with Crippen molar-refractivity contribution in [2.75, 3.05) is 4.90 Å². The van der Waals surface area contributed by atoms with Gasteiger partial charge < -0.3 is 9.32 Å². The molecule has 3 heteroatoms. The monoisotopic (exact) mass is 634 g/mol. The van der Waals surface area contributed by atoms with Gasteiger partial charge in [-0.15, -0.1) is 0 Å². The third-order valence-electron chi connectivity index (χ3n) is 10.2. The van der Waals surface area contributed by atoms with Crippen molar-refractivity contribution >= 4 is 67.9 Å². The quantitative estimate of drug-likeness (QED) is 0.181. The summed E-state index contributed by atoms with van der Waals surface area (Å²) >= 11 is 0. The highest BCUT2D eigenvalue weighted by atomic mass is 16.3. The Hall–Kier alpha value is -5.80. The summed E-state index contributed by atoms with van der Waals surface area (Å²) < 4.78 is 8.88. The van der Waals surface area contributed by atoms with Gasteiger partial charge in [0.1, 0.15) is 5.58 Å². The number of fused-ring (bicyclic) bond motifs is 6. The molecule has 2 aliphatic carbocycles. The molecule has 0 fully saturated rings. The summed E-state index contributed by atoms with van der Waals surface area (Å²) in [7, 11) is 0. The smallest absolute Gasteiger partial charge is 0.213 e. The van der Waals surface area contributed by atoms with Crippen molar-refractivity contribution in [1.82, 2.24) is 4.57 Å². The summed E-state index contributed by atoms with van der Waals surface area (Å²) in [5.74, 6) is 0.